The minimum atomic E-state index is -0.489. The number of benzene rings is 5. The molecule has 5 aromatic carbocycles. The molecule has 0 aliphatic carbocycles. The molecule has 0 saturated heterocycles. The number of nitrogens with zero attached hydrogens (tertiary/aromatic N) is 3. The van der Waals surface area contributed by atoms with Gasteiger partial charge in [0.2, 0.25) is 0 Å². The summed E-state index contributed by atoms with van der Waals surface area (Å²) in [7, 11) is 1.72. The first kappa shape index (κ1) is 50.2. The van der Waals surface area contributed by atoms with E-state index in [1.807, 2.05) is 48.5 Å². The highest BCUT2D eigenvalue weighted by Gasteiger charge is 2.14. The number of carbonyl (C=O) groups excluding carboxylic acids is 3. The number of esters is 1. The molecule has 0 fully saturated rings. The van der Waals surface area contributed by atoms with Crippen molar-refractivity contribution in [2.45, 2.75) is 84.0 Å². The number of hydrogen-bond acceptors (Lipinski definition) is 12. The van der Waals surface area contributed by atoms with E-state index in [9.17, 15) is 14.4 Å². The molecule has 5 aromatic rings. The predicted octanol–water partition coefficient (Wildman–Crippen LogP) is 12.8. The summed E-state index contributed by atoms with van der Waals surface area (Å²) in [5.41, 5.74) is 3.83. The lowest BCUT2D eigenvalue weighted by Gasteiger charge is -2.11. The number of hydrogen-bond donors (Lipinski definition) is 0. The minimum Gasteiger partial charge on any atom is -0.494 e. The summed E-state index contributed by atoms with van der Waals surface area (Å²) in [6.07, 6.45) is 11.2. The molecule has 346 valence electrons. The molecule has 0 saturated carbocycles. The van der Waals surface area contributed by atoms with E-state index >= 15 is 0 Å². The lowest BCUT2D eigenvalue weighted by atomic mass is 10.0. The van der Waals surface area contributed by atoms with E-state index in [0.717, 1.165) is 88.7 Å². The first-order valence-corrected chi connectivity index (χ1v) is 22.9. The smallest absolute Gasteiger partial charge is 0.338 e. The van der Waals surface area contributed by atoms with Gasteiger partial charge < -0.3 is 28.4 Å². The topological polar surface area (TPSA) is 155 Å². The van der Waals surface area contributed by atoms with Gasteiger partial charge in [-0.3, -0.25) is 9.59 Å². The number of carbonyl (C=O) groups is 3. The number of nitriles is 1. The molecule has 12 nitrogen and oxygen atoms in total. The Bertz CT molecular complexity index is 2300. The lowest BCUT2D eigenvalue weighted by Crippen LogP contribution is -2.09. The van der Waals surface area contributed by atoms with Crippen LogP contribution in [-0.4, -0.2) is 64.3 Å². The fraction of sp³-hybridized carbons (Fsp3) is 0.370. The fourth-order valence-electron chi connectivity index (χ4n) is 6.73. The number of ether oxygens (including phenoxy) is 6. The quantitative estimate of drug-likeness (QED) is 0.0182. The van der Waals surface area contributed by atoms with Gasteiger partial charge in [0.05, 0.1) is 61.6 Å². The Kier molecular flexibility index (Phi) is 21.9. The summed E-state index contributed by atoms with van der Waals surface area (Å²) < 4.78 is 34.2. The van der Waals surface area contributed by atoms with Crippen molar-refractivity contribution in [2.24, 2.45) is 10.2 Å². The molecular formula is C54H61N3O9. The average Bonchev–Trinajstić information content (AvgIpc) is 3.35. The van der Waals surface area contributed by atoms with Crippen LogP contribution in [-0.2, 0) is 9.47 Å². The molecule has 0 N–H and O–H groups in total. The van der Waals surface area contributed by atoms with E-state index in [4.69, 9.17) is 33.7 Å². The molecule has 0 bridgehead atoms. The summed E-state index contributed by atoms with van der Waals surface area (Å²) >= 11 is 0. The standard InChI is InChI=1S/C54H61N3O9/c1-41(58)45-37-46(39-52(38-45)65-35-13-6-5-11-34-64-51-29-23-48(24-30-51)57-56-47-21-15-42(40-55)16-22-47)54(60)66-36-14-8-7-12-33-63-50-27-19-44(20-28-50)53(59)43-17-25-49(26-18-43)62-32-10-4-3-9-31-61-2/h15-30,37-39H,3-14,31-36H2,1-2H3. The SMILES string of the molecule is COCCCCCCOc1ccc(C(=O)c2ccc(OCCCCCCOC(=O)c3cc(OCCCCCCOc4ccc(N=Nc5ccc(C#N)cc5)cc4)cc(C(C)=O)c3)cc2)cc1. The second kappa shape index (κ2) is 28.8. The second-order valence-corrected chi connectivity index (χ2v) is 15.8. The van der Waals surface area contributed by atoms with Gasteiger partial charge in [-0.05, 0) is 193 Å². The van der Waals surface area contributed by atoms with Crippen LogP contribution in [0.15, 0.2) is 125 Å². The number of Topliss-reactive ketones (excluding diaryl/α,β-unsaturated/α-hetero) is 1. The first-order valence-electron chi connectivity index (χ1n) is 22.9. The highest BCUT2D eigenvalue weighted by molar-refractivity contribution is 6.09. The van der Waals surface area contributed by atoms with Crippen LogP contribution in [0.3, 0.4) is 0 Å². The number of rotatable bonds is 31. The highest BCUT2D eigenvalue weighted by atomic mass is 16.5. The van der Waals surface area contributed by atoms with Crippen molar-refractivity contribution >= 4 is 28.9 Å². The van der Waals surface area contributed by atoms with Gasteiger partial charge in [0, 0.05) is 30.4 Å². The second-order valence-electron chi connectivity index (χ2n) is 15.8. The van der Waals surface area contributed by atoms with E-state index in [1.54, 1.807) is 73.8 Å². The Morgan fingerprint density at radius 1 is 0.455 bits per heavy atom. The maximum atomic E-state index is 13.0. The third-order valence-electron chi connectivity index (χ3n) is 10.5. The van der Waals surface area contributed by atoms with Crippen molar-refractivity contribution in [3.8, 4) is 29.1 Å². The highest BCUT2D eigenvalue weighted by Crippen LogP contribution is 2.24. The Morgan fingerprint density at radius 2 is 0.848 bits per heavy atom. The van der Waals surface area contributed by atoms with Gasteiger partial charge in [-0.25, -0.2) is 4.79 Å². The normalized spacial score (nSPS) is 10.9. The minimum absolute atomic E-state index is 0.0579. The molecule has 0 heterocycles. The lowest BCUT2D eigenvalue weighted by molar-refractivity contribution is 0.0496. The summed E-state index contributed by atoms with van der Waals surface area (Å²) in [6.45, 7) is 4.74. The maximum Gasteiger partial charge on any atom is 0.338 e. The summed E-state index contributed by atoms with van der Waals surface area (Å²) in [5.74, 6) is 1.97. The first-order chi connectivity index (χ1) is 32.3. The molecular weight excluding hydrogens is 835 g/mol. The van der Waals surface area contributed by atoms with E-state index < -0.39 is 5.97 Å². The van der Waals surface area contributed by atoms with Crippen LogP contribution in [0.25, 0.3) is 0 Å². The van der Waals surface area contributed by atoms with Crippen LogP contribution in [0, 0.1) is 11.3 Å². The van der Waals surface area contributed by atoms with Crippen LogP contribution in [0.4, 0.5) is 11.4 Å². The molecule has 0 spiro atoms. The Labute approximate surface area is 388 Å². The average molecular weight is 896 g/mol. The van der Waals surface area contributed by atoms with E-state index in [2.05, 4.69) is 16.3 Å². The summed E-state index contributed by atoms with van der Waals surface area (Å²) in [5, 5.41) is 17.4. The monoisotopic (exact) mass is 895 g/mol. The van der Waals surface area contributed by atoms with Crippen LogP contribution in [0.1, 0.15) is 126 Å². The zero-order valence-electron chi connectivity index (χ0n) is 38.2. The molecule has 0 unspecified atom stereocenters. The molecule has 0 atom stereocenters. The van der Waals surface area contributed by atoms with Gasteiger partial charge in [0.1, 0.15) is 23.0 Å². The fourth-order valence-corrected chi connectivity index (χ4v) is 6.73. The molecule has 12 heteroatoms. The molecule has 0 amide bonds. The van der Waals surface area contributed by atoms with Crippen LogP contribution in [0.5, 0.6) is 23.0 Å². The van der Waals surface area contributed by atoms with Gasteiger partial charge in [-0.15, -0.1) is 0 Å². The van der Waals surface area contributed by atoms with Crippen molar-refractivity contribution in [3.63, 3.8) is 0 Å². The predicted molar refractivity (Wildman–Crippen MR) is 254 cm³/mol. The van der Waals surface area contributed by atoms with Crippen molar-refractivity contribution < 1.29 is 42.8 Å². The number of azo groups is 1. The van der Waals surface area contributed by atoms with Gasteiger partial charge in [0.25, 0.3) is 0 Å². The molecule has 0 radical (unpaired) electrons. The Balaban J connectivity index is 0.899. The van der Waals surface area contributed by atoms with Crippen LogP contribution < -0.4 is 18.9 Å². The van der Waals surface area contributed by atoms with Crippen molar-refractivity contribution in [1.29, 1.82) is 5.26 Å². The molecule has 0 aromatic heterocycles. The van der Waals surface area contributed by atoms with Gasteiger partial charge in [-0.2, -0.15) is 15.5 Å². The van der Waals surface area contributed by atoms with Crippen molar-refractivity contribution in [1.82, 2.24) is 0 Å². The van der Waals surface area contributed by atoms with Gasteiger partial charge in [-0.1, -0.05) is 6.42 Å². The van der Waals surface area contributed by atoms with Gasteiger partial charge >= 0.3 is 5.97 Å². The number of methoxy groups -OCH3 is 1. The molecule has 66 heavy (non-hydrogen) atoms. The Morgan fingerprint density at radius 3 is 1.29 bits per heavy atom. The third-order valence-corrected chi connectivity index (χ3v) is 10.5. The zero-order valence-corrected chi connectivity index (χ0v) is 38.2. The van der Waals surface area contributed by atoms with E-state index in [1.165, 1.54) is 6.92 Å². The third kappa shape index (κ3) is 18.3. The zero-order chi connectivity index (χ0) is 46.6. The maximum absolute atomic E-state index is 13.0. The number of unbranched alkanes of at least 4 members (excludes halogenated alkanes) is 9. The molecule has 0 aliphatic heterocycles. The summed E-state index contributed by atoms with van der Waals surface area (Å²) in [6, 6.07) is 35.7. The van der Waals surface area contributed by atoms with Crippen LogP contribution in [0.2, 0.25) is 0 Å². The molecule has 5 rings (SSSR count). The summed E-state index contributed by atoms with van der Waals surface area (Å²) in [4.78, 5) is 38.2. The van der Waals surface area contributed by atoms with Gasteiger partial charge in [0.15, 0.2) is 11.6 Å². The van der Waals surface area contributed by atoms with E-state index in [0.29, 0.717) is 78.0 Å². The Hall–Kier alpha value is -6.84. The van der Waals surface area contributed by atoms with Crippen molar-refractivity contribution in [3.05, 3.63) is 143 Å². The van der Waals surface area contributed by atoms with Crippen molar-refractivity contribution in [2.75, 3.05) is 46.8 Å². The van der Waals surface area contributed by atoms with Crippen LogP contribution >= 0.6 is 0 Å². The van der Waals surface area contributed by atoms with E-state index in [-0.39, 0.29) is 23.7 Å². The molecule has 0 aliphatic rings. The number of ketones is 2. The largest absolute Gasteiger partial charge is 0.494 e.